The van der Waals surface area contributed by atoms with Crippen LogP contribution < -0.4 is 5.32 Å². The molecule has 0 fully saturated rings. The zero-order valence-corrected chi connectivity index (χ0v) is 11.1. The highest BCUT2D eigenvalue weighted by atomic mass is 14.8. The van der Waals surface area contributed by atoms with Gasteiger partial charge in [0.2, 0.25) is 0 Å². The number of benzene rings is 2. The Hall–Kier alpha value is -2.57. The fourth-order valence-corrected chi connectivity index (χ4v) is 2.40. The molecule has 0 atom stereocenters. The van der Waals surface area contributed by atoms with Crippen LogP contribution in [0.1, 0.15) is 16.7 Å². The third-order valence-corrected chi connectivity index (χ3v) is 3.39. The standard InChI is InChI=1S/C17H15N3/c18-10-13-3-1-4-14(9-13)11-19-12-15-5-2-6-17-16(15)7-8-20-17/h1-9,19-20H,11-12H2. The minimum atomic E-state index is 0.706. The third-order valence-electron chi connectivity index (χ3n) is 3.39. The normalized spacial score (nSPS) is 10.6. The van der Waals surface area contributed by atoms with Crippen LogP contribution in [0.25, 0.3) is 10.9 Å². The second kappa shape index (κ2) is 5.60. The maximum atomic E-state index is 8.89. The van der Waals surface area contributed by atoms with Crippen molar-refractivity contribution in [3.63, 3.8) is 0 Å². The van der Waals surface area contributed by atoms with Crippen LogP contribution in [0.2, 0.25) is 0 Å². The van der Waals surface area contributed by atoms with Crippen LogP contribution >= 0.6 is 0 Å². The van der Waals surface area contributed by atoms with Gasteiger partial charge in [0.25, 0.3) is 0 Å². The van der Waals surface area contributed by atoms with Crippen LogP contribution in [-0.4, -0.2) is 4.98 Å². The van der Waals surface area contributed by atoms with E-state index in [1.807, 2.05) is 30.5 Å². The second-order valence-corrected chi connectivity index (χ2v) is 4.77. The van der Waals surface area contributed by atoms with Crippen molar-refractivity contribution < 1.29 is 0 Å². The van der Waals surface area contributed by atoms with Crippen molar-refractivity contribution in [2.24, 2.45) is 0 Å². The summed E-state index contributed by atoms with van der Waals surface area (Å²) < 4.78 is 0. The van der Waals surface area contributed by atoms with E-state index in [2.05, 4.69) is 40.6 Å². The van der Waals surface area contributed by atoms with Gasteiger partial charge in [-0.1, -0.05) is 24.3 Å². The Labute approximate surface area is 117 Å². The summed E-state index contributed by atoms with van der Waals surface area (Å²) in [5, 5.41) is 13.6. The van der Waals surface area contributed by atoms with Gasteiger partial charge in [-0.3, -0.25) is 0 Å². The Morgan fingerprint density at radius 1 is 1.05 bits per heavy atom. The summed E-state index contributed by atoms with van der Waals surface area (Å²) in [5.41, 5.74) is 4.28. The molecular formula is C17H15N3. The summed E-state index contributed by atoms with van der Waals surface area (Å²) in [4.78, 5) is 3.22. The number of hydrogen-bond donors (Lipinski definition) is 2. The summed E-state index contributed by atoms with van der Waals surface area (Å²) >= 11 is 0. The quantitative estimate of drug-likeness (QED) is 0.757. The molecule has 2 aromatic carbocycles. The smallest absolute Gasteiger partial charge is 0.0991 e. The number of nitrogens with zero attached hydrogens (tertiary/aromatic N) is 1. The lowest BCUT2D eigenvalue weighted by Crippen LogP contribution is -2.12. The van der Waals surface area contributed by atoms with Gasteiger partial charge in [0.15, 0.2) is 0 Å². The summed E-state index contributed by atoms with van der Waals surface area (Å²) in [6.45, 7) is 1.57. The SMILES string of the molecule is N#Cc1cccc(CNCc2cccc3[nH]ccc23)c1. The topological polar surface area (TPSA) is 51.6 Å². The highest BCUT2D eigenvalue weighted by Gasteiger charge is 2.01. The van der Waals surface area contributed by atoms with Crippen LogP contribution in [0.15, 0.2) is 54.7 Å². The predicted octanol–water partition coefficient (Wildman–Crippen LogP) is 3.33. The number of fused-ring (bicyclic) bond motifs is 1. The lowest BCUT2D eigenvalue weighted by atomic mass is 10.1. The van der Waals surface area contributed by atoms with Gasteiger partial charge in [0.1, 0.15) is 0 Å². The van der Waals surface area contributed by atoms with Crippen LogP contribution in [0, 0.1) is 11.3 Å². The van der Waals surface area contributed by atoms with E-state index in [9.17, 15) is 0 Å². The maximum Gasteiger partial charge on any atom is 0.0991 e. The molecule has 3 rings (SSSR count). The Morgan fingerprint density at radius 2 is 1.95 bits per heavy atom. The molecule has 98 valence electrons. The average Bonchev–Trinajstić information content (AvgIpc) is 2.97. The van der Waals surface area contributed by atoms with Crippen LogP contribution in [0.3, 0.4) is 0 Å². The molecule has 1 heterocycles. The zero-order chi connectivity index (χ0) is 13.8. The molecule has 0 saturated heterocycles. The third kappa shape index (κ3) is 2.56. The van der Waals surface area contributed by atoms with Crippen molar-refractivity contribution in [1.29, 1.82) is 5.26 Å². The molecule has 0 radical (unpaired) electrons. The fourth-order valence-electron chi connectivity index (χ4n) is 2.40. The van der Waals surface area contributed by atoms with Gasteiger partial charge in [-0.15, -0.1) is 0 Å². The molecule has 1 aromatic heterocycles. The highest BCUT2D eigenvalue weighted by molar-refractivity contribution is 5.82. The maximum absolute atomic E-state index is 8.89. The first-order valence-electron chi connectivity index (χ1n) is 6.61. The number of nitriles is 1. The summed E-state index contributed by atoms with van der Waals surface area (Å²) in [6, 6.07) is 18.2. The van der Waals surface area contributed by atoms with Crippen molar-refractivity contribution in [2.45, 2.75) is 13.1 Å². The molecule has 2 N–H and O–H groups in total. The van der Waals surface area contributed by atoms with Gasteiger partial charge < -0.3 is 10.3 Å². The molecule has 0 aliphatic carbocycles. The van der Waals surface area contributed by atoms with Gasteiger partial charge in [-0.05, 0) is 35.4 Å². The summed E-state index contributed by atoms with van der Waals surface area (Å²) in [6.07, 6.45) is 1.96. The molecule has 20 heavy (non-hydrogen) atoms. The molecule has 3 aromatic rings. The van der Waals surface area contributed by atoms with E-state index in [1.54, 1.807) is 0 Å². The summed E-state index contributed by atoms with van der Waals surface area (Å²) in [7, 11) is 0. The molecule has 3 heteroatoms. The Morgan fingerprint density at radius 3 is 2.85 bits per heavy atom. The van der Waals surface area contributed by atoms with Crippen LogP contribution in [-0.2, 0) is 13.1 Å². The minimum Gasteiger partial charge on any atom is -0.361 e. The first-order chi connectivity index (χ1) is 9.86. The van der Waals surface area contributed by atoms with Gasteiger partial charge in [0, 0.05) is 30.2 Å². The Kier molecular flexibility index (Phi) is 3.49. The van der Waals surface area contributed by atoms with Gasteiger partial charge in [-0.2, -0.15) is 5.26 Å². The highest BCUT2D eigenvalue weighted by Crippen LogP contribution is 2.17. The monoisotopic (exact) mass is 261 g/mol. The zero-order valence-electron chi connectivity index (χ0n) is 11.1. The summed E-state index contributed by atoms with van der Waals surface area (Å²) in [5.74, 6) is 0. The van der Waals surface area contributed by atoms with Crippen molar-refractivity contribution in [3.8, 4) is 6.07 Å². The number of aromatic amines is 1. The molecule has 0 unspecified atom stereocenters. The van der Waals surface area contributed by atoms with E-state index in [0.29, 0.717) is 5.56 Å². The van der Waals surface area contributed by atoms with E-state index >= 15 is 0 Å². The lowest BCUT2D eigenvalue weighted by Gasteiger charge is -2.07. The molecule has 0 bridgehead atoms. The first-order valence-corrected chi connectivity index (χ1v) is 6.61. The van der Waals surface area contributed by atoms with Gasteiger partial charge >= 0.3 is 0 Å². The van der Waals surface area contributed by atoms with E-state index in [0.717, 1.165) is 24.2 Å². The number of hydrogen-bond acceptors (Lipinski definition) is 2. The van der Waals surface area contributed by atoms with E-state index in [-0.39, 0.29) is 0 Å². The van der Waals surface area contributed by atoms with Crippen molar-refractivity contribution >= 4 is 10.9 Å². The molecular weight excluding hydrogens is 246 g/mol. The van der Waals surface area contributed by atoms with Gasteiger partial charge in [-0.25, -0.2) is 0 Å². The fraction of sp³-hybridized carbons (Fsp3) is 0.118. The molecule has 0 spiro atoms. The first kappa shape index (κ1) is 12.5. The molecule has 3 nitrogen and oxygen atoms in total. The Bertz CT molecular complexity index is 765. The van der Waals surface area contributed by atoms with Crippen LogP contribution in [0.5, 0.6) is 0 Å². The number of aromatic nitrogens is 1. The molecule has 0 amide bonds. The largest absolute Gasteiger partial charge is 0.361 e. The van der Waals surface area contributed by atoms with Crippen molar-refractivity contribution in [2.75, 3.05) is 0 Å². The lowest BCUT2D eigenvalue weighted by molar-refractivity contribution is 0.696. The number of nitrogens with one attached hydrogen (secondary N) is 2. The molecule has 0 aliphatic rings. The minimum absolute atomic E-state index is 0.706. The van der Waals surface area contributed by atoms with E-state index in [4.69, 9.17) is 5.26 Å². The molecule has 0 aliphatic heterocycles. The van der Waals surface area contributed by atoms with Crippen molar-refractivity contribution in [3.05, 3.63) is 71.4 Å². The van der Waals surface area contributed by atoms with E-state index in [1.165, 1.54) is 10.9 Å². The Balaban J connectivity index is 1.68. The van der Waals surface area contributed by atoms with Crippen LogP contribution in [0.4, 0.5) is 0 Å². The second-order valence-electron chi connectivity index (χ2n) is 4.77. The molecule has 0 saturated carbocycles. The van der Waals surface area contributed by atoms with E-state index < -0.39 is 0 Å². The average molecular weight is 261 g/mol. The number of rotatable bonds is 4. The number of H-pyrrole nitrogens is 1. The van der Waals surface area contributed by atoms with Gasteiger partial charge in [0.05, 0.1) is 11.6 Å². The van der Waals surface area contributed by atoms with Crippen molar-refractivity contribution in [1.82, 2.24) is 10.3 Å². The predicted molar refractivity (Wildman–Crippen MR) is 80.0 cm³/mol.